The van der Waals surface area contributed by atoms with Gasteiger partial charge in [-0.3, -0.25) is 0 Å². The van der Waals surface area contributed by atoms with Crippen molar-refractivity contribution < 1.29 is 9.84 Å². The summed E-state index contributed by atoms with van der Waals surface area (Å²) in [5.74, 6) is 1.77. The third kappa shape index (κ3) is 5.84. The third-order valence-corrected chi connectivity index (χ3v) is 4.12. The van der Waals surface area contributed by atoms with Crippen molar-refractivity contribution >= 4 is 11.4 Å². The lowest BCUT2D eigenvalue weighted by Crippen LogP contribution is -2.19. The first kappa shape index (κ1) is 16.0. The van der Waals surface area contributed by atoms with Gasteiger partial charge in [0.15, 0.2) is 0 Å². The highest BCUT2D eigenvalue weighted by atomic mass is 16.5. The molecule has 0 spiro atoms. The van der Waals surface area contributed by atoms with Crippen LogP contribution in [-0.4, -0.2) is 18.4 Å². The lowest BCUT2D eigenvalue weighted by Gasteiger charge is -2.16. The number of aliphatic hydroxyl groups excluding tert-OH is 1. The van der Waals surface area contributed by atoms with Crippen LogP contribution in [0.1, 0.15) is 51.4 Å². The van der Waals surface area contributed by atoms with Crippen LogP contribution in [0.15, 0.2) is 18.2 Å². The van der Waals surface area contributed by atoms with Crippen LogP contribution >= 0.6 is 0 Å². The summed E-state index contributed by atoms with van der Waals surface area (Å²) in [7, 11) is 1.62. The quantitative estimate of drug-likeness (QED) is 0.349. The normalized spacial score (nSPS) is 15.7. The summed E-state index contributed by atoms with van der Waals surface area (Å²) in [6, 6.07) is 5.41. The number of hydrogen-bond acceptors (Lipinski definition) is 4. The molecule has 1 aliphatic rings. The van der Waals surface area contributed by atoms with E-state index >= 15 is 0 Å². The van der Waals surface area contributed by atoms with Gasteiger partial charge in [-0.05, 0) is 30.9 Å². The van der Waals surface area contributed by atoms with Gasteiger partial charge >= 0.3 is 0 Å². The van der Waals surface area contributed by atoms with E-state index in [-0.39, 0.29) is 0 Å². The number of nitrogens with one attached hydrogen (secondary N) is 1. The molecule has 1 aliphatic carbocycles. The van der Waals surface area contributed by atoms with Crippen LogP contribution in [0, 0.1) is 5.92 Å². The van der Waals surface area contributed by atoms with Crippen LogP contribution in [0.25, 0.3) is 0 Å². The molecule has 118 valence electrons. The van der Waals surface area contributed by atoms with Crippen molar-refractivity contribution in [1.82, 2.24) is 0 Å². The van der Waals surface area contributed by atoms with Gasteiger partial charge < -0.3 is 20.9 Å². The number of aliphatic hydroxyl groups is 1. The van der Waals surface area contributed by atoms with Crippen molar-refractivity contribution in [2.24, 2.45) is 5.92 Å². The zero-order valence-corrected chi connectivity index (χ0v) is 13.0. The second kappa shape index (κ2) is 8.13. The van der Waals surface area contributed by atoms with Gasteiger partial charge in [-0.25, -0.2) is 0 Å². The second-order valence-electron chi connectivity index (χ2n) is 6.05. The number of ether oxygens (including phenoxy) is 1. The van der Waals surface area contributed by atoms with Crippen LogP contribution in [0.3, 0.4) is 0 Å². The lowest BCUT2D eigenvalue weighted by atomic mass is 10.1. The lowest BCUT2D eigenvalue weighted by molar-refractivity contribution is 0.188. The van der Waals surface area contributed by atoms with E-state index in [0.29, 0.717) is 5.69 Å². The minimum Gasteiger partial charge on any atom is -0.497 e. The Morgan fingerprint density at radius 2 is 2.05 bits per heavy atom. The van der Waals surface area contributed by atoms with Crippen LogP contribution in [-0.2, 0) is 0 Å². The molecule has 0 bridgehead atoms. The highest BCUT2D eigenvalue weighted by Gasteiger charge is 2.19. The molecule has 4 heteroatoms. The zero-order valence-electron chi connectivity index (χ0n) is 13.0. The monoisotopic (exact) mass is 292 g/mol. The molecule has 2 rings (SSSR count). The van der Waals surface area contributed by atoms with Crippen LogP contribution in [0.5, 0.6) is 5.75 Å². The van der Waals surface area contributed by atoms with Crippen molar-refractivity contribution in [3.63, 3.8) is 0 Å². The fourth-order valence-corrected chi connectivity index (χ4v) is 2.57. The molecule has 1 aromatic rings. The minimum absolute atomic E-state index is 0.553. The molecule has 0 saturated heterocycles. The Hall–Kier alpha value is -1.42. The molecule has 1 saturated carbocycles. The fourth-order valence-electron chi connectivity index (χ4n) is 2.57. The SMILES string of the molecule is COc1ccc(N)c(NC(O)CCCCCCC2CC2)c1. The molecule has 4 nitrogen and oxygen atoms in total. The highest BCUT2D eigenvalue weighted by Crippen LogP contribution is 2.34. The minimum atomic E-state index is -0.553. The van der Waals surface area contributed by atoms with Gasteiger partial charge in [-0.2, -0.15) is 0 Å². The van der Waals surface area contributed by atoms with Crippen molar-refractivity contribution in [2.45, 2.75) is 57.6 Å². The maximum Gasteiger partial charge on any atom is 0.124 e. The molecule has 0 heterocycles. The first-order valence-corrected chi connectivity index (χ1v) is 8.07. The number of methoxy groups -OCH3 is 1. The topological polar surface area (TPSA) is 67.5 Å². The van der Waals surface area contributed by atoms with Crippen LogP contribution in [0.4, 0.5) is 11.4 Å². The predicted octanol–water partition coefficient (Wildman–Crippen LogP) is 3.76. The maximum absolute atomic E-state index is 10.0. The number of hydrogen-bond donors (Lipinski definition) is 3. The molecule has 0 aromatic heterocycles. The predicted molar refractivity (Wildman–Crippen MR) is 87.5 cm³/mol. The summed E-state index contributed by atoms with van der Waals surface area (Å²) in [5, 5.41) is 13.1. The number of rotatable bonds is 10. The molecule has 0 amide bonds. The Morgan fingerprint density at radius 1 is 1.29 bits per heavy atom. The van der Waals surface area contributed by atoms with Gasteiger partial charge in [0, 0.05) is 6.07 Å². The Balaban J connectivity index is 1.62. The standard InChI is InChI=1S/C17H28N2O2/c1-21-14-10-11-15(18)16(12-14)19-17(20)7-5-3-2-4-6-13-8-9-13/h10-13,17,19-20H,2-9,18H2,1H3. The van der Waals surface area contributed by atoms with E-state index in [2.05, 4.69) is 5.32 Å². The Kier molecular flexibility index (Phi) is 6.18. The van der Waals surface area contributed by atoms with Gasteiger partial charge in [0.2, 0.25) is 0 Å². The van der Waals surface area contributed by atoms with E-state index in [1.165, 1.54) is 38.5 Å². The smallest absolute Gasteiger partial charge is 0.124 e. The number of benzene rings is 1. The zero-order chi connectivity index (χ0) is 15.1. The molecule has 0 aliphatic heterocycles. The number of unbranched alkanes of at least 4 members (excludes halogenated alkanes) is 3. The number of nitrogens with two attached hydrogens (primary N) is 1. The number of nitrogen functional groups attached to an aromatic ring is 1. The van der Waals surface area contributed by atoms with E-state index in [1.54, 1.807) is 13.2 Å². The average Bonchev–Trinajstić information content (AvgIpc) is 3.29. The van der Waals surface area contributed by atoms with Crippen molar-refractivity contribution in [1.29, 1.82) is 0 Å². The van der Waals surface area contributed by atoms with Crippen LogP contribution in [0.2, 0.25) is 0 Å². The average molecular weight is 292 g/mol. The summed E-state index contributed by atoms with van der Waals surface area (Å²) in [5.41, 5.74) is 7.25. The van der Waals surface area contributed by atoms with Crippen molar-refractivity contribution in [2.75, 3.05) is 18.2 Å². The Labute approximate surface area is 127 Å². The Bertz CT molecular complexity index is 433. The summed E-state index contributed by atoms with van der Waals surface area (Å²) >= 11 is 0. The molecule has 21 heavy (non-hydrogen) atoms. The molecule has 4 N–H and O–H groups in total. The largest absolute Gasteiger partial charge is 0.497 e. The highest BCUT2D eigenvalue weighted by molar-refractivity contribution is 5.68. The van der Waals surface area contributed by atoms with E-state index in [1.807, 2.05) is 12.1 Å². The van der Waals surface area contributed by atoms with Gasteiger partial charge in [-0.15, -0.1) is 0 Å². The second-order valence-corrected chi connectivity index (χ2v) is 6.05. The van der Waals surface area contributed by atoms with E-state index in [9.17, 15) is 5.11 Å². The van der Waals surface area contributed by atoms with E-state index in [4.69, 9.17) is 10.5 Å². The summed E-state index contributed by atoms with van der Waals surface area (Å²) in [6.45, 7) is 0. The fraction of sp³-hybridized carbons (Fsp3) is 0.647. The van der Waals surface area contributed by atoms with E-state index < -0.39 is 6.23 Å². The van der Waals surface area contributed by atoms with Crippen molar-refractivity contribution in [3.05, 3.63) is 18.2 Å². The Morgan fingerprint density at radius 3 is 2.76 bits per heavy atom. The maximum atomic E-state index is 10.0. The summed E-state index contributed by atoms with van der Waals surface area (Å²) in [6.07, 6.45) is 9.36. The molecule has 1 fully saturated rings. The molecular formula is C17H28N2O2. The van der Waals surface area contributed by atoms with Gasteiger partial charge in [0.05, 0.1) is 18.5 Å². The molecular weight excluding hydrogens is 264 g/mol. The molecule has 1 atom stereocenters. The molecule has 1 unspecified atom stereocenters. The summed E-state index contributed by atoms with van der Waals surface area (Å²) in [4.78, 5) is 0. The van der Waals surface area contributed by atoms with Crippen LogP contribution < -0.4 is 15.8 Å². The number of anilines is 2. The molecule has 0 radical (unpaired) electrons. The first-order valence-electron chi connectivity index (χ1n) is 8.07. The third-order valence-electron chi connectivity index (χ3n) is 4.12. The summed E-state index contributed by atoms with van der Waals surface area (Å²) < 4.78 is 5.16. The van der Waals surface area contributed by atoms with E-state index in [0.717, 1.165) is 30.2 Å². The van der Waals surface area contributed by atoms with Gasteiger partial charge in [-0.1, -0.05) is 38.5 Å². The van der Waals surface area contributed by atoms with Crippen molar-refractivity contribution in [3.8, 4) is 5.75 Å². The first-order chi connectivity index (χ1) is 10.2. The van der Waals surface area contributed by atoms with Gasteiger partial charge in [0.25, 0.3) is 0 Å². The molecule has 1 aromatic carbocycles. The van der Waals surface area contributed by atoms with Gasteiger partial charge in [0.1, 0.15) is 12.0 Å².